The highest BCUT2D eigenvalue weighted by atomic mass is 31.2. The standard InChI is InChI=1S/C8H17O11P/c9-1-17-20(16,18-2-10)19-8-6(14)4(12)3(11)5(13)7(8)15/h3-15H,1-2H2/t3?,4-,5?,6-,7+,8?/m1/s1. The topological polar surface area (TPSA) is 186 Å². The highest BCUT2D eigenvalue weighted by Crippen LogP contribution is 2.51. The van der Waals surface area contributed by atoms with E-state index in [9.17, 15) is 30.1 Å². The summed E-state index contributed by atoms with van der Waals surface area (Å²) < 4.78 is 24.9. The Morgan fingerprint density at radius 3 is 1.45 bits per heavy atom. The van der Waals surface area contributed by atoms with Crippen LogP contribution >= 0.6 is 7.82 Å². The van der Waals surface area contributed by atoms with Crippen LogP contribution in [0.2, 0.25) is 0 Å². The Morgan fingerprint density at radius 2 is 1.10 bits per heavy atom. The van der Waals surface area contributed by atoms with E-state index in [1.165, 1.54) is 0 Å². The van der Waals surface area contributed by atoms with Crippen molar-refractivity contribution in [3.8, 4) is 0 Å². The fourth-order valence-electron chi connectivity index (χ4n) is 1.71. The number of hydrogen-bond acceptors (Lipinski definition) is 11. The van der Waals surface area contributed by atoms with Crippen molar-refractivity contribution in [1.82, 2.24) is 0 Å². The van der Waals surface area contributed by atoms with Gasteiger partial charge in [-0.05, 0) is 0 Å². The Labute approximate surface area is 113 Å². The van der Waals surface area contributed by atoms with Crippen molar-refractivity contribution in [2.75, 3.05) is 13.6 Å². The Morgan fingerprint density at radius 1 is 0.750 bits per heavy atom. The maximum absolute atomic E-state index is 11.8. The number of phosphoric ester groups is 1. The number of phosphoric acid groups is 1. The van der Waals surface area contributed by atoms with Gasteiger partial charge in [-0.25, -0.2) is 4.57 Å². The smallest absolute Gasteiger partial charge is 0.387 e. The lowest BCUT2D eigenvalue weighted by atomic mass is 9.85. The molecule has 1 saturated carbocycles. The van der Waals surface area contributed by atoms with Crippen LogP contribution in [0, 0.1) is 0 Å². The number of rotatable bonds is 6. The molecule has 0 amide bonds. The van der Waals surface area contributed by atoms with Gasteiger partial charge < -0.3 is 35.7 Å². The molecule has 0 bridgehead atoms. The zero-order valence-corrected chi connectivity index (χ0v) is 11.0. The van der Waals surface area contributed by atoms with E-state index >= 15 is 0 Å². The average molecular weight is 320 g/mol. The SMILES string of the molecule is O=P(OCO)(OCO)OC1[C@@H](O)C(O)C(O)[C@@H](O)[C@H]1O. The number of aliphatic hydroxyl groups is 7. The molecule has 1 fully saturated rings. The van der Waals surface area contributed by atoms with Gasteiger partial charge in [0, 0.05) is 0 Å². The fraction of sp³-hybridized carbons (Fsp3) is 1.00. The minimum absolute atomic E-state index is 1.12. The molecule has 0 spiro atoms. The maximum Gasteiger partial charge on any atom is 0.479 e. The normalized spacial score (nSPS) is 39.0. The molecule has 1 rings (SSSR count). The summed E-state index contributed by atoms with van der Waals surface area (Å²) in [6.45, 7) is -2.24. The van der Waals surface area contributed by atoms with Gasteiger partial charge in [0.05, 0.1) is 0 Å². The van der Waals surface area contributed by atoms with E-state index in [1.807, 2.05) is 0 Å². The van der Waals surface area contributed by atoms with Crippen LogP contribution in [0.15, 0.2) is 0 Å². The molecule has 120 valence electrons. The summed E-state index contributed by atoms with van der Waals surface area (Å²) in [7, 11) is -4.56. The Bertz CT molecular complexity index is 325. The lowest BCUT2D eigenvalue weighted by Crippen LogP contribution is -2.64. The maximum atomic E-state index is 11.8. The quantitative estimate of drug-likeness (QED) is 0.188. The van der Waals surface area contributed by atoms with Crippen LogP contribution in [0.4, 0.5) is 0 Å². The monoisotopic (exact) mass is 320 g/mol. The van der Waals surface area contributed by atoms with Crippen molar-refractivity contribution < 1.29 is 53.9 Å². The minimum atomic E-state index is -4.56. The second-order valence-electron chi connectivity index (χ2n) is 3.99. The lowest BCUT2D eigenvalue weighted by Gasteiger charge is -2.41. The summed E-state index contributed by atoms with van der Waals surface area (Å²) in [4.78, 5) is 0. The number of aliphatic hydroxyl groups excluding tert-OH is 7. The van der Waals surface area contributed by atoms with Crippen molar-refractivity contribution in [3.05, 3.63) is 0 Å². The van der Waals surface area contributed by atoms with Crippen LogP contribution in [0.1, 0.15) is 0 Å². The first kappa shape index (κ1) is 17.9. The van der Waals surface area contributed by atoms with Gasteiger partial charge in [-0.15, -0.1) is 0 Å². The molecule has 0 aliphatic heterocycles. The molecule has 0 radical (unpaired) electrons. The summed E-state index contributed by atoms with van der Waals surface area (Å²) in [5.74, 6) is 0. The van der Waals surface area contributed by atoms with Gasteiger partial charge in [0.2, 0.25) is 0 Å². The molecule has 3 unspecified atom stereocenters. The van der Waals surface area contributed by atoms with Gasteiger partial charge in [0.25, 0.3) is 0 Å². The van der Waals surface area contributed by atoms with Gasteiger partial charge in [0.15, 0.2) is 13.6 Å². The molecule has 1 aliphatic rings. The summed E-state index contributed by atoms with van der Waals surface area (Å²) in [5, 5.41) is 64.5. The third kappa shape index (κ3) is 3.72. The second-order valence-corrected chi connectivity index (χ2v) is 5.61. The van der Waals surface area contributed by atoms with E-state index < -0.39 is 58.0 Å². The summed E-state index contributed by atoms with van der Waals surface area (Å²) >= 11 is 0. The molecule has 7 N–H and O–H groups in total. The largest absolute Gasteiger partial charge is 0.479 e. The van der Waals surface area contributed by atoms with Crippen LogP contribution in [-0.2, 0) is 18.1 Å². The molecule has 6 atom stereocenters. The molecule has 1 aliphatic carbocycles. The van der Waals surface area contributed by atoms with Crippen molar-refractivity contribution in [1.29, 1.82) is 0 Å². The van der Waals surface area contributed by atoms with Gasteiger partial charge in [-0.2, -0.15) is 0 Å². The Kier molecular flexibility index (Phi) is 6.44. The van der Waals surface area contributed by atoms with Crippen LogP contribution in [-0.4, -0.2) is 86.0 Å². The van der Waals surface area contributed by atoms with Crippen molar-refractivity contribution in [2.24, 2.45) is 0 Å². The first-order valence-corrected chi connectivity index (χ1v) is 6.93. The molecular formula is C8H17O11P. The van der Waals surface area contributed by atoms with E-state index in [0.29, 0.717) is 0 Å². The summed E-state index contributed by atoms with van der Waals surface area (Å²) in [5.41, 5.74) is 0. The molecule has 20 heavy (non-hydrogen) atoms. The molecular weight excluding hydrogens is 303 g/mol. The predicted octanol–water partition coefficient (Wildman–Crippen LogP) is -3.77. The Balaban J connectivity index is 2.90. The van der Waals surface area contributed by atoms with Crippen molar-refractivity contribution >= 4 is 7.82 Å². The third-order valence-electron chi connectivity index (χ3n) is 2.76. The molecule has 0 aromatic heterocycles. The summed E-state index contributed by atoms with van der Waals surface area (Å²) in [6, 6.07) is 0. The lowest BCUT2D eigenvalue weighted by molar-refractivity contribution is -0.221. The highest BCUT2D eigenvalue weighted by Gasteiger charge is 2.51. The summed E-state index contributed by atoms with van der Waals surface area (Å²) in [6.07, 6.45) is -11.4. The molecule has 0 heterocycles. The third-order valence-corrected chi connectivity index (χ3v) is 4.12. The van der Waals surface area contributed by atoms with E-state index in [4.69, 9.17) is 10.2 Å². The molecule has 11 nitrogen and oxygen atoms in total. The van der Waals surface area contributed by atoms with Gasteiger partial charge >= 0.3 is 7.82 Å². The van der Waals surface area contributed by atoms with Gasteiger partial charge in [-0.1, -0.05) is 0 Å². The van der Waals surface area contributed by atoms with Crippen LogP contribution in [0.3, 0.4) is 0 Å². The fourth-order valence-corrected chi connectivity index (χ4v) is 2.74. The van der Waals surface area contributed by atoms with Crippen LogP contribution in [0.25, 0.3) is 0 Å². The average Bonchev–Trinajstić information content (AvgIpc) is 2.40. The zero-order chi connectivity index (χ0) is 15.5. The van der Waals surface area contributed by atoms with Crippen LogP contribution < -0.4 is 0 Å². The van der Waals surface area contributed by atoms with Gasteiger partial charge in [0.1, 0.15) is 36.6 Å². The first-order chi connectivity index (χ1) is 9.27. The highest BCUT2D eigenvalue weighted by molar-refractivity contribution is 7.48. The minimum Gasteiger partial charge on any atom is -0.387 e. The van der Waals surface area contributed by atoms with Crippen LogP contribution in [0.5, 0.6) is 0 Å². The first-order valence-electron chi connectivity index (χ1n) is 5.47. The van der Waals surface area contributed by atoms with E-state index in [-0.39, 0.29) is 0 Å². The molecule has 0 aromatic rings. The van der Waals surface area contributed by atoms with E-state index in [1.54, 1.807) is 0 Å². The van der Waals surface area contributed by atoms with E-state index in [2.05, 4.69) is 13.6 Å². The molecule has 12 heteroatoms. The van der Waals surface area contributed by atoms with Crippen molar-refractivity contribution in [2.45, 2.75) is 36.6 Å². The predicted molar refractivity (Wildman–Crippen MR) is 58.9 cm³/mol. The van der Waals surface area contributed by atoms with E-state index in [0.717, 1.165) is 0 Å². The molecule has 0 aromatic carbocycles. The zero-order valence-electron chi connectivity index (χ0n) is 10.1. The Hall–Kier alpha value is -0.170. The van der Waals surface area contributed by atoms with Crippen molar-refractivity contribution in [3.63, 3.8) is 0 Å². The number of hydrogen-bond donors (Lipinski definition) is 7. The van der Waals surface area contributed by atoms with Gasteiger partial charge in [-0.3, -0.25) is 13.6 Å². The second kappa shape index (κ2) is 7.20. The molecule has 0 saturated heterocycles.